The van der Waals surface area contributed by atoms with Crippen LogP contribution in [-0.2, 0) is 0 Å². The van der Waals surface area contributed by atoms with Crippen molar-refractivity contribution in [2.75, 3.05) is 0 Å². The zero-order valence-corrected chi connectivity index (χ0v) is 7.27. The van der Waals surface area contributed by atoms with Crippen molar-refractivity contribution in [3.05, 3.63) is 12.2 Å². The highest BCUT2D eigenvalue weighted by Gasteiger charge is 2.40. The van der Waals surface area contributed by atoms with E-state index in [-0.39, 0.29) is 0 Å². The van der Waals surface area contributed by atoms with E-state index in [1.807, 2.05) is 0 Å². The molecule has 0 aliphatic heterocycles. The molecule has 1 saturated carbocycles. The first kappa shape index (κ1) is 10.6. The second kappa shape index (κ2) is 3.70. The van der Waals surface area contributed by atoms with Crippen LogP contribution >= 0.6 is 0 Å². The van der Waals surface area contributed by atoms with Crippen LogP contribution in [0, 0.1) is 5.92 Å². The molecule has 2 atom stereocenters. The first-order valence-corrected chi connectivity index (χ1v) is 4.37. The molecule has 0 unspecified atom stereocenters. The molecule has 1 N–H and O–H groups in total. The summed E-state index contributed by atoms with van der Waals surface area (Å²) >= 11 is 0. The van der Waals surface area contributed by atoms with Gasteiger partial charge in [0.2, 0.25) is 0 Å². The lowest BCUT2D eigenvalue weighted by Crippen LogP contribution is -2.31. The Morgan fingerprint density at radius 3 is 2.23 bits per heavy atom. The molecule has 0 saturated heterocycles. The maximum absolute atomic E-state index is 12.2. The van der Waals surface area contributed by atoms with Crippen LogP contribution in [0.25, 0.3) is 0 Å². The average Bonchev–Trinajstić information content (AvgIpc) is 2.02. The van der Waals surface area contributed by atoms with E-state index in [2.05, 4.69) is 6.58 Å². The van der Waals surface area contributed by atoms with Crippen LogP contribution < -0.4 is 0 Å². The van der Waals surface area contributed by atoms with Gasteiger partial charge in [-0.1, -0.05) is 19.4 Å². The molecule has 0 aromatic heterocycles. The number of hydrogen-bond acceptors (Lipinski definition) is 1. The van der Waals surface area contributed by atoms with E-state index < -0.39 is 23.8 Å². The summed E-state index contributed by atoms with van der Waals surface area (Å²) in [6, 6.07) is 0. The molecule has 1 nitrogen and oxygen atoms in total. The minimum atomic E-state index is -4.36. The smallest absolute Gasteiger partial charge is 0.393 e. The third kappa shape index (κ3) is 2.46. The van der Waals surface area contributed by atoms with Crippen molar-refractivity contribution in [2.45, 2.75) is 38.0 Å². The molecule has 0 spiro atoms. The molecule has 1 rings (SSSR count). The number of hydrogen-bond donors (Lipinski definition) is 1. The second-order valence-electron chi connectivity index (χ2n) is 3.48. The van der Waals surface area contributed by atoms with Gasteiger partial charge in [0.25, 0.3) is 0 Å². The Morgan fingerprint density at radius 1 is 1.23 bits per heavy atom. The van der Waals surface area contributed by atoms with Crippen molar-refractivity contribution in [3.63, 3.8) is 0 Å². The van der Waals surface area contributed by atoms with Gasteiger partial charge in [-0.2, -0.15) is 13.2 Å². The molecule has 0 heterocycles. The van der Waals surface area contributed by atoms with Gasteiger partial charge in [0.05, 0.1) is 6.10 Å². The Bertz CT molecular complexity index is 198. The summed E-state index contributed by atoms with van der Waals surface area (Å²) < 4.78 is 36.6. The highest BCUT2D eigenvalue weighted by Crippen LogP contribution is 2.37. The SMILES string of the molecule is C=C([C@@H]1CCCC[C@H]1O)C(F)(F)F. The van der Waals surface area contributed by atoms with Crippen molar-refractivity contribution in [1.29, 1.82) is 0 Å². The molecule has 76 valence electrons. The van der Waals surface area contributed by atoms with Crippen molar-refractivity contribution in [2.24, 2.45) is 5.92 Å². The molecule has 1 aliphatic rings. The molecule has 0 aromatic carbocycles. The fraction of sp³-hybridized carbons (Fsp3) is 0.778. The number of aliphatic hydroxyl groups is 1. The summed E-state index contributed by atoms with van der Waals surface area (Å²) in [5.74, 6) is -0.784. The Morgan fingerprint density at radius 2 is 1.77 bits per heavy atom. The van der Waals surface area contributed by atoms with Gasteiger partial charge in [0, 0.05) is 11.5 Å². The Balaban J connectivity index is 2.64. The molecule has 1 fully saturated rings. The zero-order chi connectivity index (χ0) is 10.1. The first-order chi connectivity index (χ1) is 5.93. The molecular weight excluding hydrogens is 181 g/mol. The molecule has 4 heteroatoms. The van der Waals surface area contributed by atoms with Crippen LogP contribution in [0.5, 0.6) is 0 Å². The summed E-state index contributed by atoms with van der Waals surface area (Å²) in [6.45, 7) is 3.02. The van der Waals surface area contributed by atoms with Crippen molar-refractivity contribution in [1.82, 2.24) is 0 Å². The van der Waals surface area contributed by atoms with Crippen LogP contribution in [0.1, 0.15) is 25.7 Å². The summed E-state index contributed by atoms with van der Waals surface area (Å²) in [7, 11) is 0. The van der Waals surface area contributed by atoms with Gasteiger partial charge >= 0.3 is 6.18 Å². The molecule has 1 aliphatic carbocycles. The Hall–Kier alpha value is -0.510. The second-order valence-corrected chi connectivity index (χ2v) is 3.48. The minimum absolute atomic E-state index is 0.402. The van der Waals surface area contributed by atoms with Gasteiger partial charge in [-0.25, -0.2) is 0 Å². The zero-order valence-electron chi connectivity index (χ0n) is 7.27. The van der Waals surface area contributed by atoms with Crippen molar-refractivity contribution >= 4 is 0 Å². The lowest BCUT2D eigenvalue weighted by atomic mass is 9.82. The predicted octanol–water partition coefficient (Wildman–Crippen LogP) is 2.66. The maximum atomic E-state index is 12.2. The lowest BCUT2D eigenvalue weighted by molar-refractivity contribution is -0.107. The normalized spacial score (nSPS) is 30.2. The van der Waals surface area contributed by atoms with Crippen molar-refractivity contribution in [3.8, 4) is 0 Å². The van der Waals surface area contributed by atoms with Crippen LogP contribution in [0.15, 0.2) is 12.2 Å². The first-order valence-electron chi connectivity index (χ1n) is 4.37. The number of rotatable bonds is 1. The predicted molar refractivity (Wildman–Crippen MR) is 43.2 cm³/mol. The highest BCUT2D eigenvalue weighted by atomic mass is 19.4. The number of alkyl halides is 3. The minimum Gasteiger partial charge on any atom is -0.393 e. The average molecular weight is 194 g/mol. The fourth-order valence-electron chi connectivity index (χ4n) is 1.73. The number of halogens is 3. The molecule has 0 radical (unpaired) electrons. The summed E-state index contributed by atoms with van der Waals surface area (Å²) in [6.07, 6.45) is -2.80. The lowest BCUT2D eigenvalue weighted by Gasteiger charge is -2.29. The van der Waals surface area contributed by atoms with Gasteiger partial charge in [-0.3, -0.25) is 0 Å². The van der Waals surface area contributed by atoms with E-state index in [9.17, 15) is 18.3 Å². The van der Waals surface area contributed by atoms with Crippen LogP contribution in [0.2, 0.25) is 0 Å². The summed E-state index contributed by atoms with van der Waals surface area (Å²) in [5, 5.41) is 9.34. The van der Waals surface area contributed by atoms with E-state index in [4.69, 9.17) is 0 Å². The van der Waals surface area contributed by atoms with Crippen LogP contribution in [0.3, 0.4) is 0 Å². The monoisotopic (exact) mass is 194 g/mol. The Kier molecular flexibility index (Phi) is 3.01. The molecular formula is C9H13F3O. The molecule has 0 aromatic rings. The van der Waals surface area contributed by atoms with E-state index in [0.29, 0.717) is 12.8 Å². The quantitative estimate of drug-likeness (QED) is 0.636. The highest BCUT2D eigenvalue weighted by molar-refractivity contribution is 5.10. The molecule has 0 bridgehead atoms. The van der Waals surface area contributed by atoms with E-state index in [1.54, 1.807) is 0 Å². The molecule has 0 amide bonds. The maximum Gasteiger partial charge on any atom is 0.412 e. The van der Waals surface area contributed by atoms with Gasteiger partial charge in [-0.05, 0) is 12.8 Å². The largest absolute Gasteiger partial charge is 0.412 e. The fourth-order valence-corrected chi connectivity index (χ4v) is 1.73. The van der Waals surface area contributed by atoms with Crippen LogP contribution in [0.4, 0.5) is 13.2 Å². The Labute approximate surface area is 75.3 Å². The molecule has 13 heavy (non-hydrogen) atoms. The van der Waals surface area contributed by atoms with E-state index in [0.717, 1.165) is 12.8 Å². The van der Waals surface area contributed by atoms with Gasteiger partial charge in [0.1, 0.15) is 0 Å². The van der Waals surface area contributed by atoms with E-state index >= 15 is 0 Å². The van der Waals surface area contributed by atoms with Crippen LogP contribution in [-0.4, -0.2) is 17.4 Å². The summed E-state index contributed by atoms with van der Waals surface area (Å²) in [4.78, 5) is 0. The van der Waals surface area contributed by atoms with Gasteiger partial charge < -0.3 is 5.11 Å². The topological polar surface area (TPSA) is 20.2 Å². The summed E-state index contributed by atoms with van der Waals surface area (Å²) in [5.41, 5.74) is -0.778. The van der Waals surface area contributed by atoms with Crippen molar-refractivity contribution < 1.29 is 18.3 Å². The van der Waals surface area contributed by atoms with Gasteiger partial charge in [0.15, 0.2) is 0 Å². The third-order valence-corrected chi connectivity index (χ3v) is 2.54. The standard InChI is InChI=1S/C9H13F3O/c1-6(9(10,11)12)7-4-2-3-5-8(7)13/h7-8,13H,1-5H2/t7-,8+/m0/s1. The van der Waals surface area contributed by atoms with Gasteiger partial charge in [-0.15, -0.1) is 0 Å². The third-order valence-electron chi connectivity index (χ3n) is 2.54. The number of aliphatic hydroxyl groups excluding tert-OH is 1. The van der Waals surface area contributed by atoms with E-state index in [1.165, 1.54) is 0 Å².